The molecule has 0 aliphatic carbocycles. The summed E-state index contributed by atoms with van der Waals surface area (Å²) < 4.78 is 64.9. The van der Waals surface area contributed by atoms with Gasteiger partial charge in [-0.3, -0.25) is 9.05 Å². The summed E-state index contributed by atoms with van der Waals surface area (Å²) in [7, 11) is -19.9. The highest BCUT2D eigenvalue weighted by molar-refractivity contribution is 7.66. The van der Waals surface area contributed by atoms with Gasteiger partial charge in [0.2, 0.25) is 0 Å². The molecule has 20 heteroatoms. The molecule has 0 aromatic carbocycles. The monoisotopic (exact) mass is 450 g/mol. The molecule has 0 radical (unpaired) electrons. The van der Waals surface area contributed by atoms with E-state index < -0.39 is 56.1 Å². The Bertz CT molecular complexity index is 652. The van der Waals surface area contributed by atoms with Crippen molar-refractivity contribution >= 4 is 39.1 Å². The van der Waals surface area contributed by atoms with E-state index in [-0.39, 0.29) is 6.42 Å². The lowest BCUT2D eigenvalue weighted by molar-refractivity contribution is -0.00422. The van der Waals surface area contributed by atoms with Gasteiger partial charge in [0.1, 0.15) is 14.0 Å². The summed E-state index contributed by atoms with van der Waals surface area (Å²) >= 11 is 0. The lowest BCUT2D eigenvalue weighted by Gasteiger charge is -2.21. The minimum Gasteiger partial charge on any atom is -0.379 e. The summed E-state index contributed by atoms with van der Waals surface area (Å²) in [6.45, 7) is -0.862. The molecule has 0 bridgehead atoms. The van der Waals surface area contributed by atoms with Crippen LogP contribution in [0.1, 0.15) is 6.42 Å². The molecular formula is C5H15BO15P4. The summed E-state index contributed by atoms with van der Waals surface area (Å²) in [5.74, 6) is 0. The van der Waals surface area contributed by atoms with Gasteiger partial charge in [0, 0.05) is 6.00 Å². The molecule has 0 spiro atoms. The van der Waals surface area contributed by atoms with Crippen LogP contribution in [0.4, 0.5) is 0 Å². The second kappa shape index (κ2) is 8.28. The van der Waals surface area contributed by atoms with Gasteiger partial charge in [-0.15, -0.1) is 0 Å². The first-order chi connectivity index (χ1) is 11.0. The average Bonchev–Trinajstić information content (AvgIpc) is 2.59. The maximum Gasteiger partial charge on any atom is 0.490 e. The van der Waals surface area contributed by atoms with Crippen LogP contribution in [0.3, 0.4) is 0 Å². The van der Waals surface area contributed by atoms with E-state index in [9.17, 15) is 23.2 Å². The van der Waals surface area contributed by atoms with Gasteiger partial charge in [-0.25, -0.2) is 18.3 Å². The lowest BCUT2D eigenvalue weighted by atomic mass is 9.96. The quantitative estimate of drug-likeness (QED) is 0.174. The Morgan fingerprint density at radius 1 is 0.920 bits per heavy atom. The molecule has 15 nitrogen and oxygen atoms in total. The van der Waals surface area contributed by atoms with Crippen molar-refractivity contribution in [2.45, 2.75) is 24.6 Å². The van der Waals surface area contributed by atoms with E-state index in [0.717, 1.165) is 0 Å². The molecule has 5 atom stereocenters. The van der Waals surface area contributed by atoms with Crippen LogP contribution in [0.2, 0.25) is 0 Å². The van der Waals surface area contributed by atoms with Crippen LogP contribution in [0.5, 0.6) is 0 Å². The molecule has 1 saturated heterocycles. The number of hydrogen-bond donors (Lipinski definition) is 6. The summed E-state index contributed by atoms with van der Waals surface area (Å²) in [6, 6.07) is -0.550. The van der Waals surface area contributed by atoms with Crippen molar-refractivity contribution in [2.24, 2.45) is 0 Å². The number of phosphoric acid groups is 4. The molecule has 6 N–H and O–H groups in total. The number of hydrogen-bond acceptors (Lipinski definition) is 9. The smallest absolute Gasteiger partial charge is 0.379 e. The maximum absolute atomic E-state index is 11.5. The van der Waals surface area contributed by atoms with E-state index in [0.29, 0.717) is 0 Å². The zero-order chi connectivity index (χ0) is 19.7. The number of phosphoric ester groups is 2. The van der Waals surface area contributed by atoms with E-state index in [1.807, 2.05) is 0 Å². The molecule has 0 amide bonds. The Morgan fingerprint density at radius 2 is 1.48 bits per heavy atom. The minimum absolute atomic E-state index is 0.00946. The lowest BCUT2D eigenvalue weighted by Crippen LogP contribution is -2.28. The SMILES string of the molecule is BC1CC(OP(=O)(O)O)C(COP(=O)(O)OP(=O)(O)OP(=O)(O)O)O1. The fraction of sp³-hybridized carbons (Fsp3) is 1.00. The Kier molecular flexibility index (Phi) is 7.81. The van der Waals surface area contributed by atoms with Crippen LogP contribution in [-0.4, -0.2) is 62.0 Å². The Morgan fingerprint density at radius 3 is 1.96 bits per heavy atom. The third-order valence-electron chi connectivity index (χ3n) is 2.48. The molecule has 25 heavy (non-hydrogen) atoms. The third kappa shape index (κ3) is 9.87. The van der Waals surface area contributed by atoms with E-state index in [2.05, 4.69) is 17.7 Å². The third-order valence-corrected chi connectivity index (χ3v) is 6.82. The molecule has 0 saturated carbocycles. The Balaban J connectivity index is 2.68. The topological polar surface area (TPSA) is 236 Å². The van der Waals surface area contributed by atoms with Crippen LogP contribution in [0.25, 0.3) is 0 Å². The van der Waals surface area contributed by atoms with Gasteiger partial charge in [0.25, 0.3) is 0 Å². The van der Waals surface area contributed by atoms with E-state index >= 15 is 0 Å². The molecule has 148 valence electrons. The first kappa shape index (κ1) is 23.6. The van der Waals surface area contributed by atoms with Gasteiger partial charge in [-0.1, -0.05) is 0 Å². The van der Waals surface area contributed by atoms with Crippen LogP contribution >= 0.6 is 31.3 Å². The van der Waals surface area contributed by atoms with Gasteiger partial charge in [0.15, 0.2) is 0 Å². The van der Waals surface area contributed by atoms with Crippen LogP contribution < -0.4 is 0 Å². The molecule has 1 heterocycles. The fourth-order valence-electron chi connectivity index (χ4n) is 1.83. The van der Waals surface area contributed by atoms with E-state index in [4.69, 9.17) is 29.2 Å². The maximum atomic E-state index is 11.5. The van der Waals surface area contributed by atoms with Crippen LogP contribution in [-0.2, 0) is 40.7 Å². The zero-order valence-corrected chi connectivity index (χ0v) is 15.9. The van der Waals surface area contributed by atoms with Crippen molar-refractivity contribution in [1.82, 2.24) is 0 Å². The van der Waals surface area contributed by atoms with Gasteiger partial charge < -0.3 is 34.1 Å². The molecule has 0 aromatic heterocycles. The fourth-order valence-corrected chi connectivity index (χ4v) is 5.43. The van der Waals surface area contributed by atoms with Crippen molar-refractivity contribution in [1.29, 1.82) is 0 Å². The molecule has 1 rings (SSSR count). The summed E-state index contributed by atoms with van der Waals surface area (Å²) in [5.41, 5.74) is 0. The second-order valence-corrected chi connectivity index (χ2v) is 10.4. The van der Waals surface area contributed by atoms with Crippen molar-refractivity contribution in [2.75, 3.05) is 6.61 Å². The highest BCUT2D eigenvalue weighted by Crippen LogP contribution is 2.66. The molecule has 5 unspecified atom stereocenters. The van der Waals surface area contributed by atoms with Crippen LogP contribution in [0, 0.1) is 0 Å². The average molecular weight is 450 g/mol. The van der Waals surface area contributed by atoms with Gasteiger partial charge in [0.05, 0.1) is 12.7 Å². The minimum atomic E-state index is -5.66. The van der Waals surface area contributed by atoms with Crippen molar-refractivity contribution in [3.05, 3.63) is 0 Å². The number of ether oxygens (including phenoxy) is 1. The normalized spacial score (nSPS) is 29.9. The largest absolute Gasteiger partial charge is 0.490 e. The van der Waals surface area contributed by atoms with Gasteiger partial charge in [-0.05, 0) is 6.42 Å². The molecular weight excluding hydrogens is 435 g/mol. The Hall–Kier alpha value is 0.545. The predicted octanol–water partition coefficient (Wildman–Crippen LogP) is -1.44. The predicted molar refractivity (Wildman–Crippen MR) is 78.6 cm³/mol. The van der Waals surface area contributed by atoms with Crippen molar-refractivity contribution in [3.8, 4) is 0 Å². The summed E-state index contributed by atoms with van der Waals surface area (Å²) in [6.07, 6.45) is -2.45. The van der Waals surface area contributed by atoms with Gasteiger partial charge >= 0.3 is 31.3 Å². The summed E-state index contributed by atoms with van der Waals surface area (Å²) in [4.78, 5) is 52.6. The Labute approximate surface area is 141 Å². The van der Waals surface area contributed by atoms with E-state index in [1.165, 1.54) is 7.85 Å². The molecule has 0 aromatic rings. The first-order valence-corrected chi connectivity index (χ1v) is 12.2. The highest BCUT2D eigenvalue weighted by atomic mass is 31.3. The zero-order valence-electron chi connectivity index (χ0n) is 12.3. The molecule has 1 aliphatic rings. The first-order valence-electron chi connectivity index (χ1n) is 6.16. The van der Waals surface area contributed by atoms with E-state index in [1.54, 1.807) is 0 Å². The number of rotatable bonds is 9. The van der Waals surface area contributed by atoms with Crippen molar-refractivity contribution < 1.29 is 70.0 Å². The standard InChI is InChI=1S/C5H15BO15P4/c6-5-1-3(19-22(7,8)9)4(18-5)2-17-24(13,14)21-25(15,16)20-23(10,11)12/h3-5H,1-2,6H2,(H,13,14)(H,15,16)(H2,7,8,9)(H2,10,11,12). The molecule has 1 aliphatic heterocycles. The second-order valence-electron chi connectivity index (χ2n) is 4.74. The van der Waals surface area contributed by atoms with Crippen LogP contribution in [0.15, 0.2) is 0 Å². The molecule has 1 fully saturated rings. The summed E-state index contributed by atoms with van der Waals surface area (Å²) in [5, 5.41) is 0. The van der Waals surface area contributed by atoms with Crippen molar-refractivity contribution in [3.63, 3.8) is 0 Å². The highest BCUT2D eigenvalue weighted by Gasteiger charge is 2.43. The van der Waals surface area contributed by atoms with Gasteiger partial charge in [-0.2, -0.15) is 8.62 Å².